The summed E-state index contributed by atoms with van der Waals surface area (Å²) in [6.07, 6.45) is 2.78. The first-order chi connectivity index (χ1) is 26.0. The summed E-state index contributed by atoms with van der Waals surface area (Å²) in [6.45, 7) is 23.2. The summed E-state index contributed by atoms with van der Waals surface area (Å²) >= 11 is 0. The summed E-state index contributed by atoms with van der Waals surface area (Å²) in [5.41, 5.74) is 0.817. The van der Waals surface area contributed by atoms with E-state index in [1.165, 1.54) is 33.3 Å². The number of rotatable bonds is 9. The van der Waals surface area contributed by atoms with Crippen molar-refractivity contribution in [3.63, 3.8) is 0 Å². The summed E-state index contributed by atoms with van der Waals surface area (Å²) in [5, 5.41) is 12.5. The molecule has 6 rings (SSSR count). The van der Waals surface area contributed by atoms with Crippen LogP contribution in [0.15, 0.2) is 12.2 Å². The van der Waals surface area contributed by atoms with Gasteiger partial charge in [-0.1, -0.05) is 46.8 Å². The maximum absolute atomic E-state index is 13.3. The molecule has 5 saturated carbocycles. The minimum Gasteiger partial charge on any atom is -0.463 e. The second-order valence-corrected chi connectivity index (χ2v) is 20.1. The predicted molar refractivity (Wildman–Crippen MR) is 207 cm³/mol. The Morgan fingerprint density at radius 1 is 0.750 bits per heavy atom. The Bertz CT molecular complexity index is 1600. The highest BCUT2D eigenvalue weighted by Crippen LogP contribution is 2.77. The minimum atomic E-state index is -1.32. The van der Waals surface area contributed by atoms with Gasteiger partial charge in [0, 0.05) is 39.5 Å². The summed E-state index contributed by atoms with van der Waals surface area (Å²) in [4.78, 5) is 62.7. The third-order valence-corrected chi connectivity index (χ3v) is 17.0. The number of Topliss-reactive ketones (excluding diaryl/α,β-unsaturated/α-hetero) is 1. The van der Waals surface area contributed by atoms with Gasteiger partial charge in [0.15, 0.2) is 18.3 Å². The van der Waals surface area contributed by atoms with Crippen LogP contribution in [0, 0.1) is 56.7 Å². The Morgan fingerprint density at radius 2 is 1.38 bits per heavy atom. The minimum absolute atomic E-state index is 0.0427. The van der Waals surface area contributed by atoms with Crippen molar-refractivity contribution in [1.82, 2.24) is 0 Å². The first-order valence-corrected chi connectivity index (χ1v) is 21.2. The fourth-order valence-electron chi connectivity index (χ4n) is 14.5. The van der Waals surface area contributed by atoms with Gasteiger partial charge in [-0.3, -0.25) is 24.0 Å². The van der Waals surface area contributed by atoms with E-state index in [9.17, 15) is 29.1 Å². The van der Waals surface area contributed by atoms with Crippen molar-refractivity contribution in [3.05, 3.63) is 12.2 Å². The van der Waals surface area contributed by atoms with Gasteiger partial charge in [-0.05, 0) is 122 Å². The molecule has 1 saturated heterocycles. The van der Waals surface area contributed by atoms with Crippen LogP contribution < -0.4 is 0 Å². The number of allylic oxidation sites excluding steroid dienone is 1. The standard InChI is InChI=1S/C45H68O11/c1-24(2)29-14-19-45(22-31(50)37-39(54-27(5)48)40(55-28(6)49)38(53-26(4)47)32(56-37)23-52-25(3)46)21-20-43(10)30(36(29)45)12-13-34-42(9)17-16-35(51)41(7,8)33(42)15-18-44(34,43)11/h29-34,36-40,50H,1,12-23H2,2-11H3/t29-,30?,31+,32?,33?,34?,36?,37-,38+,39?,40?,42-,43+,44+,45+/m0/s1. The Kier molecular flexibility index (Phi) is 11.5. The van der Waals surface area contributed by atoms with Crippen molar-refractivity contribution in [3.8, 4) is 0 Å². The van der Waals surface area contributed by atoms with E-state index in [1.54, 1.807) is 0 Å². The largest absolute Gasteiger partial charge is 0.463 e. The molecular weight excluding hydrogens is 716 g/mol. The molecular formula is C45H68O11. The van der Waals surface area contributed by atoms with Crippen molar-refractivity contribution in [2.45, 2.75) is 176 Å². The number of carbonyl (C=O) groups is 5. The van der Waals surface area contributed by atoms with Crippen LogP contribution in [-0.4, -0.2) is 78.0 Å². The first kappa shape index (κ1) is 42.8. The van der Waals surface area contributed by atoms with Gasteiger partial charge in [0.25, 0.3) is 0 Å². The van der Waals surface area contributed by atoms with E-state index in [0.29, 0.717) is 36.4 Å². The first-order valence-electron chi connectivity index (χ1n) is 21.2. The average Bonchev–Trinajstić information content (AvgIpc) is 3.47. The van der Waals surface area contributed by atoms with Crippen LogP contribution in [0.3, 0.4) is 0 Å². The quantitative estimate of drug-likeness (QED) is 0.145. The number of hydrogen-bond donors (Lipinski definition) is 1. The maximum Gasteiger partial charge on any atom is 0.303 e. The van der Waals surface area contributed by atoms with Gasteiger partial charge in [0.2, 0.25) is 0 Å². The Labute approximate surface area is 333 Å². The van der Waals surface area contributed by atoms with Gasteiger partial charge in [-0.25, -0.2) is 0 Å². The Morgan fingerprint density at radius 3 is 1.98 bits per heavy atom. The Balaban J connectivity index is 1.35. The number of carbonyl (C=O) groups excluding carboxylic acids is 5. The van der Waals surface area contributed by atoms with Crippen LogP contribution in [-0.2, 0) is 47.7 Å². The average molecular weight is 785 g/mol. The molecule has 0 radical (unpaired) electrons. The van der Waals surface area contributed by atoms with E-state index in [0.717, 1.165) is 57.8 Å². The third-order valence-electron chi connectivity index (χ3n) is 17.0. The molecule has 0 aromatic rings. The lowest BCUT2D eigenvalue weighted by molar-refractivity contribution is -0.270. The molecule has 1 N–H and O–H groups in total. The van der Waals surface area contributed by atoms with E-state index >= 15 is 0 Å². The molecule has 5 aliphatic carbocycles. The Hall–Kier alpha value is -2.79. The molecule has 1 aliphatic heterocycles. The number of ketones is 1. The van der Waals surface area contributed by atoms with Crippen molar-refractivity contribution in [1.29, 1.82) is 0 Å². The lowest BCUT2D eigenvalue weighted by atomic mass is 9.32. The van der Waals surface area contributed by atoms with Gasteiger partial charge in [0.1, 0.15) is 24.6 Å². The normalized spacial score (nSPS) is 44.4. The highest BCUT2D eigenvalue weighted by atomic mass is 16.7. The molecule has 15 atom stereocenters. The molecule has 11 nitrogen and oxygen atoms in total. The molecule has 0 spiro atoms. The van der Waals surface area contributed by atoms with Crippen LogP contribution in [0.25, 0.3) is 0 Å². The van der Waals surface area contributed by atoms with Gasteiger partial charge < -0.3 is 28.8 Å². The smallest absolute Gasteiger partial charge is 0.303 e. The van der Waals surface area contributed by atoms with E-state index in [4.69, 9.17) is 23.7 Å². The van der Waals surface area contributed by atoms with E-state index in [2.05, 4.69) is 48.1 Å². The second-order valence-electron chi connectivity index (χ2n) is 20.1. The monoisotopic (exact) mass is 784 g/mol. The fraction of sp³-hybridized carbons (Fsp3) is 0.844. The van der Waals surface area contributed by atoms with E-state index < -0.39 is 60.5 Å². The number of fused-ring (bicyclic) bond motifs is 7. The predicted octanol–water partition coefficient (Wildman–Crippen LogP) is 7.09. The zero-order valence-electron chi connectivity index (χ0n) is 35.6. The molecule has 56 heavy (non-hydrogen) atoms. The summed E-state index contributed by atoms with van der Waals surface area (Å²) < 4.78 is 28.9. The second kappa shape index (κ2) is 15.1. The third kappa shape index (κ3) is 6.96. The van der Waals surface area contributed by atoms with E-state index in [1.807, 2.05) is 0 Å². The number of hydrogen-bond acceptors (Lipinski definition) is 11. The molecule has 0 bridgehead atoms. The fourth-order valence-corrected chi connectivity index (χ4v) is 14.5. The maximum atomic E-state index is 13.3. The van der Waals surface area contributed by atoms with Gasteiger partial charge in [0.05, 0.1) is 6.10 Å². The lowest BCUT2D eigenvalue weighted by Gasteiger charge is -2.72. The van der Waals surface area contributed by atoms with Crippen LogP contribution in [0.1, 0.15) is 140 Å². The highest BCUT2D eigenvalue weighted by Gasteiger charge is 2.71. The lowest BCUT2D eigenvalue weighted by Crippen LogP contribution is -2.67. The van der Waals surface area contributed by atoms with E-state index in [-0.39, 0.29) is 45.5 Å². The molecule has 0 aromatic carbocycles. The van der Waals surface area contributed by atoms with Crippen molar-refractivity contribution in [2.75, 3.05) is 6.61 Å². The molecule has 1 heterocycles. The summed E-state index contributed by atoms with van der Waals surface area (Å²) in [7, 11) is 0. The SMILES string of the molecule is C=C(C)[C@@H]1CC[C@]2(C[C@@H](O)[C@@H]3OC(COC(C)=O)[C@@H](OC(C)=O)C(OC(C)=O)C3OC(C)=O)CC[C@]3(C)C(CCC4[C@@]5(C)CCC(=O)C(C)(C)C5CC[C@]43C)C12. The van der Waals surface area contributed by atoms with Gasteiger partial charge in [-0.2, -0.15) is 0 Å². The summed E-state index contributed by atoms with van der Waals surface area (Å²) in [5.74, 6) is -0.433. The highest BCUT2D eigenvalue weighted by molar-refractivity contribution is 5.85. The zero-order valence-corrected chi connectivity index (χ0v) is 35.6. The van der Waals surface area contributed by atoms with Gasteiger partial charge in [-0.15, -0.1) is 0 Å². The van der Waals surface area contributed by atoms with Crippen molar-refractivity contribution >= 4 is 29.7 Å². The molecule has 6 aliphatic rings. The van der Waals surface area contributed by atoms with Gasteiger partial charge >= 0.3 is 23.9 Å². The molecule has 314 valence electrons. The molecule has 0 aromatic heterocycles. The van der Waals surface area contributed by atoms with Crippen LogP contribution >= 0.6 is 0 Å². The molecule has 7 unspecified atom stereocenters. The number of ether oxygens (including phenoxy) is 5. The molecule has 11 heteroatoms. The number of aliphatic hydroxyl groups is 1. The molecule has 6 fully saturated rings. The van der Waals surface area contributed by atoms with Crippen LogP contribution in [0.2, 0.25) is 0 Å². The number of esters is 4. The van der Waals surface area contributed by atoms with Crippen molar-refractivity contribution in [2.24, 2.45) is 56.7 Å². The molecule has 0 amide bonds. The summed E-state index contributed by atoms with van der Waals surface area (Å²) in [6, 6.07) is 0. The van der Waals surface area contributed by atoms with Crippen molar-refractivity contribution < 1.29 is 52.8 Å². The van der Waals surface area contributed by atoms with Crippen LogP contribution in [0.5, 0.6) is 0 Å². The zero-order chi connectivity index (χ0) is 41.3. The number of aliphatic hydroxyl groups excluding tert-OH is 1. The van der Waals surface area contributed by atoms with Crippen LogP contribution in [0.4, 0.5) is 0 Å². The topological polar surface area (TPSA) is 152 Å².